The fraction of sp³-hybridized carbons (Fsp3) is 0.182. The minimum Gasteiger partial charge on any atom is -0.258 e. The molecule has 0 spiro atoms. The van der Waals surface area contributed by atoms with E-state index in [-0.39, 0.29) is 6.54 Å². The molecule has 0 N–H and O–H groups in total. The van der Waals surface area contributed by atoms with Crippen LogP contribution in [-0.4, -0.2) is 14.7 Å². The second-order valence-corrected chi connectivity index (χ2v) is 5.14. The Morgan fingerprint density at radius 3 is 2.70 bits per heavy atom. The average molecular weight is 367 g/mol. The molecule has 2 rings (SSSR count). The normalized spacial score (nSPS) is 11.1. The largest absolute Gasteiger partial charge is 0.335 e. The molecule has 0 aliphatic heterocycles. The number of nitrogens with zero attached hydrogens (tertiary/aromatic N) is 3. The van der Waals surface area contributed by atoms with Crippen LogP contribution in [0.2, 0.25) is 5.15 Å². The van der Waals surface area contributed by atoms with Crippen molar-refractivity contribution in [3.8, 4) is 0 Å². The fourth-order valence-electron chi connectivity index (χ4n) is 1.68. The topological polar surface area (TPSA) is 61.0 Å². The maximum atomic E-state index is 12.7. The Balaban J connectivity index is 2.43. The van der Waals surface area contributed by atoms with Crippen molar-refractivity contribution in [3.05, 3.63) is 55.3 Å². The molecule has 9 heteroatoms. The summed E-state index contributed by atoms with van der Waals surface area (Å²) in [6, 6.07) is 7.02. The van der Waals surface area contributed by atoms with E-state index in [1.807, 2.05) is 0 Å². The van der Waals surface area contributed by atoms with Crippen molar-refractivity contribution in [1.82, 2.24) is 9.78 Å². The number of alkyl halides is 2. The number of halogens is 4. The lowest BCUT2D eigenvalue weighted by Gasteiger charge is -2.03. The molecule has 0 aliphatic carbocycles. The summed E-state index contributed by atoms with van der Waals surface area (Å²) in [6.45, 7) is 0.0613. The average Bonchev–Trinajstić information content (AvgIpc) is 2.67. The maximum absolute atomic E-state index is 12.7. The molecule has 0 amide bonds. The zero-order valence-corrected chi connectivity index (χ0v) is 12.1. The molecule has 1 aromatic heterocycles. The number of hydrogen-bond donors (Lipinski definition) is 0. The van der Waals surface area contributed by atoms with Crippen molar-refractivity contribution in [3.63, 3.8) is 0 Å². The van der Waals surface area contributed by atoms with Crippen molar-refractivity contribution >= 4 is 33.2 Å². The summed E-state index contributed by atoms with van der Waals surface area (Å²) in [5.41, 5.74) is -1.05. The van der Waals surface area contributed by atoms with Gasteiger partial charge in [0.2, 0.25) is 10.8 Å². The molecule has 106 valence electrons. The van der Waals surface area contributed by atoms with Gasteiger partial charge >= 0.3 is 5.69 Å². The van der Waals surface area contributed by atoms with Crippen molar-refractivity contribution in [2.75, 3.05) is 0 Å². The van der Waals surface area contributed by atoms with E-state index in [4.69, 9.17) is 11.6 Å². The van der Waals surface area contributed by atoms with Crippen LogP contribution in [0.3, 0.4) is 0 Å². The van der Waals surface area contributed by atoms with E-state index < -0.39 is 27.9 Å². The highest BCUT2D eigenvalue weighted by atomic mass is 79.9. The van der Waals surface area contributed by atoms with Crippen LogP contribution < -0.4 is 0 Å². The van der Waals surface area contributed by atoms with Gasteiger partial charge in [0.05, 0.1) is 11.5 Å². The third-order valence-electron chi connectivity index (χ3n) is 2.50. The van der Waals surface area contributed by atoms with Crippen molar-refractivity contribution in [2.45, 2.75) is 13.0 Å². The van der Waals surface area contributed by atoms with Crippen LogP contribution >= 0.6 is 27.5 Å². The Hall–Kier alpha value is -1.54. The Labute approximate surface area is 125 Å². The van der Waals surface area contributed by atoms with Crippen LogP contribution in [0.1, 0.15) is 17.7 Å². The molecule has 5 nitrogen and oxygen atoms in total. The number of benzene rings is 1. The number of rotatable bonds is 4. The van der Waals surface area contributed by atoms with Gasteiger partial charge in [0, 0.05) is 4.47 Å². The van der Waals surface area contributed by atoms with E-state index in [0.717, 1.165) is 14.7 Å². The summed E-state index contributed by atoms with van der Waals surface area (Å²) in [4.78, 5) is 9.84. The maximum Gasteiger partial charge on any atom is 0.335 e. The molecule has 0 bridgehead atoms. The van der Waals surface area contributed by atoms with Gasteiger partial charge in [0.25, 0.3) is 6.43 Å². The third-order valence-corrected chi connectivity index (χ3v) is 3.37. The molecule has 0 aliphatic rings. The lowest BCUT2D eigenvalue weighted by molar-refractivity contribution is -0.386. The summed E-state index contributed by atoms with van der Waals surface area (Å²) in [5, 5.41) is 13.9. The quantitative estimate of drug-likeness (QED) is 0.602. The Morgan fingerprint density at radius 2 is 2.20 bits per heavy atom. The van der Waals surface area contributed by atoms with E-state index in [1.165, 1.54) is 0 Å². The first-order valence-corrected chi connectivity index (χ1v) is 6.50. The van der Waals surface area contributed by atoms with E-state index >= 15 is 0 Å². The first kappa shape index (κ1) is 14.9. The summed E-state index contributed by atoms with van der Waals surface area (Å²) < 4.78 is 27.3. The number of aromatic nitrogens is 2. The highest BCUT2D eigenvalue weighted by Crippen LogP contribution is 2.34. The molecular weight excluding hydrogens is 359 g/mol. The molecule has 0 saturated carbocycles. The smallest absolute Gasteiger partial charge is 0.258 e. The lowest BCUT2D eigenvalue weighted by Crippen LogP contribution is -2.02. The van der Waals surface area contributed by atoms with Crippen molar-refractivity contribution < 1.29 is 13.7 Å². The summed E-state index contributed by atoms with van der Waals surface area (Å²) in [5.74, 6) is 0. The molecule has 1 heterocycles. The van der Waals surface area contributed by atoms with Gasteiger partial charge in [-0.2, -0.15) is 5.10 Å². The van der Waals surface area contributed by atoms with Crippen LogP contribution in [0.4, 0.5) is 14.5 Å². The molecular formula is C11H7BrClF2N3O2. The lowest BCUT2D eigenvalue weighted by atomic mass is 10.2. The molecule has 0 saturated heterocycles. The highest BCUT2D eigenvalue weighted by Gasteiger charge is 2.32. The van der Waals surface area contributed by atoms with Gasteiger partial charge in [-0.25, -0.2) is 13.5 Å². The van der Waals surface area contributed by atoms with Crippen LogP contribution in [0.25, 0.3) is 0 Å². The molecule has 0 radical (unpaired) electrons. The Bertz CT molecular complexity index is 663. The number of hydrogen-bond acceptors (Lipinski definition) is 3. The highest BCUT2D eigenvalue weighted by molar-refractivity contribution is 9.10. The van der Waals surface area contributed by atoms with E-state index in [0.29, 0.717) is 0 Å². The SMILES string of the molecule is O=[N+]([O-])c1c(C(F)F)nn(Cc2cccc(Br)c2)c1Cl. The van der Waals surface area contributed by atoms with E-state index in [1.54, 1.807) is 24.3 Å². The number of nitro groups is 1. The van der Waals surface area contributed by atoms with Crippen LogP contribution in [0.15, 0.2) is 28.7 Å². The van der Waals surface area contributed by atoms with E-state index in [2.05, 4.69) is 21.0 Å². The predicted octanol–water partition coefficient (Wildman–Crippen LogP) is 4.19. The van der Waals surface area contributed by atoms with Gasteiger partial charge in [-0.3, -0.25) is 10.1 Å². The molecule has 0 fully saturated rings. The van der Waals surface area contributed by atoms with Crippen LogP contribution in [0.5, 0.6) is 0 Å². The minimum absolute atomic E-state index is 0.0613. The summed E-state index contributed by atoms with van der Waals surface area (Å²) >= 11 is 9.04. The second-order valence-electron chi connectivity index (χ2n) is 3.87. The summed E-state index contributed by atoms with van der Waals surface area (Å²) in [6.07, 6.45) is -3.06. The molecule has 1 aromatic carbocycles. The molecule has 0 unspecified atom stereocenters. The fourth-order valence-corrected chi connectivity index (χ4v) is 2.39. The van der Waals surface area contributed by atoms with Crippen molar-refractivity contribution in [1.29, 1.82) is 0 Å². The molecule has 20 heavy (non-hydrogen) atoms. The van der Waals surface area contributed by atoms with Crippen molar-refractivity contribution in [2.24, 2.45) is 0 Å². The predicted molar refractivity (Wildman–Crippen MR) is 72.1 cm³/mol. The van der Waals surface area contributed by atoms with Gasteiger partial charge < -0.3 is 0 Å². The second kappa shape index (κ2) is 5.84. The van der Waals surface area contributed by atoms with Gasteiger partial charge in [0.1, 0.15) is 0 Å². The molecule has 0 atom stereocenters. The monoisotopic (exact) mass is 365 g/mol. The van der Waals surface area contributed by atoms with Gasteiger partial charge in [-0.1, -0.05) is 39.7 Å². The van der Waals surface area contributed by atoms with Gasteiger partial charge in [0.15, 0.2) is 0 Å². The minimum atomic E-state index is -3.06. The zero-order valence-electron chi connectivity index (χ0n) is 9.76. The first-order chi connectivity index (χ1) is 9.40. The summed E-state index contributed by atoms with van der Waals surface area (Å²) in [7, 11) is 0. The Kier molecular flexibility index (Phi) is 4.34. The van der Waals surface area contributed by atoms with Gasteiger partial charge in [-0.15, -0.1) is 0 Å². The standard InChI is InChI=1S/C11H7BrClF2N3O2/c12-7-3-1-2-6(4-7)5-17-10(13)9(18(19)20)8(16-17)11(14)15/h1-4,11H,5H2. The van der Waals surface area contributed by atoms with Crippen LogP contribution in [0, 0.1) is 10.1 Å². The third kappa shape index (κ3) is 2.96. The van der Waals surface area contributed by atoms with E-state index in [9.17, 15) is 18.9 Å². The molecule has 2 aromatic rings. The first-order valence-electron chi connectivity index (χ1n) is 5.33. The Morgan fingerprint density at radius 1 is 1.50 bits per heavy atom. The van der Waals surface area contributed by atoms with Gasteiger partial charge in [-0.05, 0) is 17.7 Å². The zero-order chi connectivity index (χ0) is 14.9. The van der Waals surface area contributed by atoms with Crippen LogP contribution in [-0.2, 0) is 6.54 Å².